The molecule has 0 heterocycles. The van der Waals surface area contributed by atoms with E-state index in [1.54, 1.807) is 32.9 Å². The van der Waals surface area contributed by atoms with E-state index >= 15 is 0 Å². The Bertz CT molecular complexity index is 588. The van der Waals surface area contributed by atoms with Crippen LogP contribution in [0.1, 0.15) is 45.2 Å². The van der Waals surface area contributed by atoms with Gasteiger partial charge in [0.15, 0.2) is 0 Å². The Morgan fingerprint density at radius 3 is 2.52 bits per heavy atom. The molecule has 0 saturated carbocycles. The molecule has 0 aliphatic carbocycles. The van der Waals surface area contributed by atoms with Crippen LogP contribution in [-0.2, 0) is 16.8 Å². The van der Waals surface area contributed by atoms with E-state index in [1.807, 2.05) is 0 Å². The van der Waals surface area contributed by atoms with Crippen LogP contribution < -0.4 is 0 Å². The van der Waals surface area contributed by atoms with Gasteiger partial charge in [-0.2, -0.15) is 0 Å². The predicted molar refractivity (Wildman–Crippen MR) is 84.1 cm³/mol. The highest BCUT2D eigenvalue weighted by atomic mass is 32.1. The molecule has 1 atom stereocenters. The van der Waals surface area contributed by atoms with Crippen molar-refractivity contribution in [1.29, 1.82) is 0 Å². The number of ketones is 1. The molecule has 3 nitrogen and oxygen atoms in total. The van der Waals surface area contributed by atoms with Gasteiger partial charge < -0.3 is 5.11 Å². The molecule has 1 rings (SSSR count). The molecule has 0 saturated heterocycles. The van der Waals surface area contributed by atoms with Gasteiger partial charge in [0.2, 0.25) is 0 Å². The van der Waals surface area contributed by atoms with Crippen molar-refractivity contribution in [2.45, 2.75) is 51.7 Å². The summed E-state index contributed by atoms with van der Waals surface area (Å²) in [4.78, 5) is 15.3. The second kappa shape index (κ2) is 6.56. The smallest absolute Gasteiger partial charge is 0.134 e. The fourth-order valence-corrected chi connectivity index (χ4v) is 2.72. The quantitative estimate of drug-likeness (QED) is 0.647. The summed E-state index contributed by atoms with van der Waals surface area (Å²) in [5.74, 6) is -0.446. The lowest BCUT2D eigenvalue weighted by atomic mass is 9.81. The summed E-state index contributed by atoms with van der Waals surface area (Å²) in [6.07, 6.45) is 0.414. The van der Waals surface area contributed by atoms with Gasteiger partial charge in [-0.15, -0.1) is 0 Å². The monoisotopic (exact) mass is 309 g/mol. The van der Waals surface area contributed by atoms with Gasteiger partial charge in [0.25, 0.3) is 0 Å². The SMILES string of the molecule is CC(=O)Cc1ccc(F)c([C@](C)(CC(C)(C)O)N=C=S)c1. The maximum absolute atomic E-state index is 14.2. The highest BCUT2D eigenvalue weighted by Gasteiger charge is 2.35. The van der Waals surface area contributed by atoms with E-state index in [2.05, 4.69) is 22.4 Å². The predicted octanol–water partition coefficient (Wildman–Crippen LogP) is 3.44. The standard InChI is InChI=1S/C16H20FNO2S/c1-11(19)7-12-5-6-14(17)13(8-12)16(4,18-10-21)9-15(2,3)20/h5-6,8,20H,7,9H2,1-4H3/t16-/m0/s1. The fraction of sp³-hybridized carbons (Fsp3) is 0.500. The van der Waals surface area contributed by atoms with E-state index in [1.165, 1.54) is 13.0 Å². The van der Waals surface area contributed by atoms with Crippen LogP contribution >= 0.6 is 12.2 Å². The van der Waals surface area contributed by atoms with Gasteiger partial charge >= 0.3 is 0 Å². The molecule has 0 fully saturated rings. The lowest BCUT2D eigenvalue weighted by Gasteiger charge is -2.31. The van der Waals surface area contributed by atoms with Gasteiger partial charge in [0, 0.05) is 18.4 Å². The average molecular weight is 309 g/mol. The molecule has 1 N–H and O–H groups in total. The molecule has 5 heteroatoms. The summed E-state index contributed by atoms with van der Waals surface area (Å²) in [5, 5.41) is 12.3. The fourth-order valence-electron chi connectivity index (χ4n) is 2.52. The molecule has 0 bridgehead atoms. The Kier molecular flexibility index (Phi) is 5.51. The maximum atomic E-state index is 14.2. The first-order valence-electron chi connectivity index (χ1n) is 6.67. The summed E-state index contributed by atoms with van der Waals surface area (Å²) in [5.41, 5.74) is -1.06. The lowest BCUT2D eigenvalue weighted by molar-refractivity contribution is -0.116. The van der Waals surface area contributed by atoms with E-state index in [4.69, 9.17) is 0 Å². The molecule has 0 unspecified atom stereocenters. The van der Waals surface area contributed by atoms with Gasteiger partial charge in [-0.25, -0.2) is 9.38 Å². The summed E-state index contributed by atoms with van der Waals surface area (Å²) in [6.45, 7) is 6.43. The molecule has 0 amide bonds. The zero-order valence-electron chi connectivity index (χ0n) is 12.7. The Morgan fingerprint density at radius 2 is 2.05 bits per heavy atom. The minimum absolute atomic E-state index is 0.00455. The van der Waals surface area contributed by atoms with Gasteiger partial charge in [-0.05, 0) is 57.6 Å². The van der Waals surface area contributed by atoms with E-state index in [9.17, 15) is 14.3 Å². The number of halogens is 1. The molecule has 0 radical (unpaired) electrons. The number of nitrogens with zero attached hydrogens (tertiary/aromatic N) is 1. The van der Waals surface area contributed by atoms with Crippen molar-refractivity contribution in [3.8, 4) is 0 Å². The minimum atomic E-state index is -1.05. The zero-order chi connectivity index (χ0) is 16.3. The highest BCUT2D eigenvalue weighted by molar-refractivity contribution is 7.78. The van der Waals surface area contributed by atoms with Gasteiger partial charge in [-0.3, -0.25) is 4.79 Å². The van der Waals surface area contributed by atoms with Crippen LogP contribution in [0.5, 0.6) is 0 Å². The van der Waals surface area contributed by atoms with Crippen LogP contribution in [0.3, 0.4) is 0 Å². The molecule has 114 valence electrons. The minimum Gasteiger partial charge on any atom is -0.390 e. The number of aliphatic hydroxyl groups is 1. The highest BCUT2D eigenvalue weighted by Crippen LogP contribution is 2.36. The number of hydrogen-bond donors (Lipinski definition) is 1. The van der Waals surface area contributed by atoms with Gasteiger partial charge in [0.05, 0.1) is 16.3 Å². The Morgan fingerprint density at radius 1 is 1.43 bits per heavy atom. The van der Waals surface area contributed by atoms with Crippen LogP contribution in [0.25, 0.3) is 0 Å². The number of aliphatic imine (C=N–C) groups is 1. The van der Waals surface area contributed by atoms with Crippen molar-refractivity contribution < 1.29 is 14.3 Å². The first-order valence-corrected chi connectivity index (χ1v) is 7.08. The molecule has 1 aromatic carbocycles. The molecular weight excluding hydrogens is 289 g/mol. The van der Waals surface area contributed by atoms with Crippen molar-refractivity contribution in [3.05, 3.63) is 35.1 Å². The second-order valence-electron chi connectivity index (χ2n) is 6.16. The number of thiocarbonyl (C=S) groups is 1. The molecule has 0 aromatic heterocycles. The van der Waals surface area contributed by atoms with Crippen molar-refractivity contribution in [2.75, 3.05) is 0 Å². The van der Waals surface area contributed by atoms with Crippen LogP contribution in [-0.4, -0.2) is 21.7 Å². The molecular formula is C16H20FNO2S. The van der Waals surface area contributed by atoms with Crippen LogP contribution in [0.2, 0.25) is 0 Å². The first kappa shape index (κ1) is 17.6. The van der Waals surface area contributed by atoms with Crippen molar-refractivity contribution in [1.82, 2.24) is 0 Å². The third-order valence-corrected chi connectivity index (χ3v) is 3.22. The largest absolute Gasteiger partial charge is 0.390 e. The number of hydrogen-bond acceptors (Lipinski definition) is 4. The molecule has 1 aromatic rings. The van der Waals surface area contributed by atoms with Crippen LogP contribution in [0.15, 0.2) is 23.2 Å². The van der Waals surface area contributed by atoms with Crippen molar-refractivity contribution in [3.63, 3.8) is 0 Å². The van der Waals surface area contributed by atoms with E-state index in [0.717, 1.165) is 0 Å². The maximum Gasteiger partial charge on any atom is 0.134 e. The van der Waals surface area contributed by atoms with Gasteiger partial charge in [-0.1, -0.05) is 6.07 Å². The summed E-state index contributed by atoms with van der Waals surface area (Å²) < 4.78 is 14.2. The number of rotatable bonds is 6. The number of isothiocyanates is 1. The lowest BCUT2D eigenvalue weighted by Crippen LogP contribution is -2.33. The normalized spacial score (nSPS) is 14.2. The van der Waals surface area contributed by atoms with E-state index < -0.39 is 17.0 Å². The van der Waals surface area contributed by atoms with Crippen molar-refractivity contribution >= 4 is 23.2 Å². The van der Waals surface area contributed by atoms with E-state index in [-0.39, 0.29) is 18.6 Å². The summed E-state index contributed by atoms with van der Waals surface area (Å²) in [6, 6.07) is 4.50. The topological polar surface area (TPSA) is 49.7 Å². The Hall–Kier alpha value is -1.42. The zero-order valence-corrected chi connectivity index (χ0v) is 13.6. The third-order valence-electron chi connectivity index (χ3n) is 3.13. The average Bonchev–Trinajstić information content (AvgIpc) is 2.28. The first-order chi connectivity index (χ1) is 9.57. The Labute approximate surface area is 129 Å². The third kappa shape index (κ3) is 5.12. The van der Waals surface area contributed by atoms with Gasteiger partial charge in [0.1, 0.15) is 11.6 Å². The Balaban J connectivity index is 3.36. The van der Waals surface area contributed by atoms with Crippen LogP contribution in [0.4, 0.5) is 4.39 Å². The number of carbonyl (C=O) groups excluding carboxylic acids is 1. The summed E-state index contributed by atoms with van der Waals surface area (Å²) in [7, 11) is 0. The number of Topliss-reactive ketones (excluding diaryl/α,β-unsaturated/α-hetero) is 1. The second-order valence-corrected chi connectivity index (χ2v) is 6.34. The molecule has 21 heavy (non-hydrogen) atoms. The van der Waals surface area contributed by atoms with Crippen LogP contribution in [0, 0.1) is 5.82 Å². The molecule has 0 aliphatic heterocycles. The van der Waals surface area contributed by atoms with Crippen molar-refractivity contribution in [2.24, 2.45) is 4.99 Å². The summed E-state index contributed by atoms with van der Waals surface area (Å²) >= 11 is 4.66. The number of carbonyl (C=O) groups is 1. The van der Waals surface area contributed by atoms with E-state index in [0.29, 0.717) is 11.1 Å². The molecule has 0 spiro atoms. The number of benzene rings is 1. The molecule has 0 aliphatic rings.